The average molecular weight is 238 g/mol. The van der Waals surface area contributed by atoms with E-state index in [1.807, 2.05) is 23.8 Å². The van der Waals surface area contributed by atoms with Gasteiger partial charge in [-0.2, -0.15) is 11.3 Å². The number of thiophene rings is 1. The highest BCUT2D eigenvalue weighted by molar-refractivity contribution is 7.08. The molecule has 1 aromatic heterocycles. The van der Waals surface area contributed by atoms with E-state index in [1.54, 1.807) is 11.8 Å². The monoisotopic (exact) mass is 238 g/mol. The van der Waals surface area contributed by atoms with Gasteiger partial charge in [0.05, 0.1) is 5.69 Å². The van der Waals surface area contributed by atoms with E-state index in [2.05, 4.69) is 5.32 Å². The van der Waals surface area contributed by atoms with E-state index in [0.29, 0.717) is 6.42 Å². The van der Waals surface area contributed by atoms with Crippen LogP contribution in [0.1, 0.15) is 20.3 Å². The Kier molecular flexibility index (Phi) is 2.96. The molecule has 2 rings (SSSR count). The van der Waals surface area contributed by atoms with Crippen LogP contribution in [0, 0.1) is 0 Å². The molecule has 0 radical (unpaired) electrons. The maximum atomic E-state index is 12.1. The second-order valence-corrected chi connectivity index (χ2v) is 4.62. The van der Waals surface area contributed by atoms with Crippen molar-refractivity contribution in [1.82, 2.24) is 5.32 Å². The summed E-state index contributed by atoms with van der Waals surface area (Å²) in [5.74, 6) is -0.106. The van der Waals surface area contributed by atoms with Gasteiger partial charge >= 0.3 is 0 Å². The summed E-state index contributed by atoms with van der Waals surface area (Å²) >= 11 is 1.52. The van der Waals surface area contributed by atoms with Crippen LogP contribution in [0.3, 0.4) is 0 Å². The first-order chi connectivity index (χ1) is 7.65. The van der Waals surface area contributed by atoms with Crippen LogP contribution in [0.2, 0.25) is 0 Å². The topological polar surface area (TPSA) is 49.4 Å². The molecule has 86 valence electrons. The van der Waals surface area contributed by atoms with Crippen molar-refractivity contribution in [2.75, 3.05) is 4.90 Å². The minimum absolute atomic E-state index is 0.0204. The van der Waals surface area contributed by atoms with Gasteiger partial charge in [-0.1, -0.05) is 6.92 Å². The fourth-order valence-corrected chi connectivity index (χ4v) is 2.48. The van der Waals surface area contributed by atoms with Crippen molar-refractivity contribution in [3.63, 3.8) is 0 Å². The van der Waals surface area contributed by atoms with Crippen molar-refractivity contribution < 1.29 is 9.59 Å². The fraction of sp³-hybridized carbons (Fsp3) is 0.455. The van der Waals surface area contributed by atoms with Crippen LogP contribution in [0.25, 0.3) is 0 Å². The predicted octanol–water partition coefficient (Wildman–Crippen LogP) is 1.38. The highest BCUT2D eigenvalue weighted by atomic mass is 32.1. The molecule has 1 saturated heterocycles. The van der Waals surface area contributed by atoms with Crippen molar-refractivity contribution in [2.24, 2.45) is 0 Å². The van der Waals surface area contributed by atoms with E-state index >= 15 is 0 Å². The lowest BCUT2D eigenvalue weighted by atomic mass is 10.1. The van der Waals surface area contributed by atoms with Gasteiger partial charge in [-0.15, -0.1) is 0 Å². The minimum atomic E-state index is -0.426. The number of rotatable bonds is 2. The van der Waals surface area contributed by atoms with Crippen LogP contribution in [0.4, 0.5) is 5.69 Å². The molecule has 1 aliphatic rings. The lowest BCUT2D eigenvalue weighted by Crippen LogP contribution is -2.62. The Morgan fingerprint density at radius 3 is 2.81 bits per heavy atom. The summed E-state index contributed by atoms with van der Waals surface area (Å²) in [5.41, 5.74) is 0.816. The molecule has 16 heavy (non-hydrogen) atoms. The summed E-state index contributed by atoms with van der Waals surface area (Å²) in [4.78, 5) is 25.4. The summed E-state index contributed by atoms with van der Waals surface area (Å²) < 4.78 is 0. The second kappa shape index (κ2) is 4.25. The predicted molar refractivity (Wildman–Crippen MR) is 63.5 cm³/mol. The van der Waals surface area contributed by atoms with Crippen LogP contribution in [0.15, 0.2) is 16.8 Å². The van der Waals surface area contributed by atoms with Crippen molar-refractivity contribution in [1.29, 1.82) is 0 Å². The maximum Gasteiger partial charge on any atom is 0.250 e. The first-order valence-electron chi connectivity index (χ1n) is 5.30. The van der Waals surface area contributed by atoms with Crippen molar-refractivity contribution >= 4 is 28.8 Å². The Morgan fingerprint density at radius 2 is 2.25 bits per heavy atom. The number of hydrogen-bond acceptors (Lipinski definition) is 3. The van der Waals surface area contributed by atoms with Crippen LogP contribution < -0.4 is 10.2 Å². The highest BCUT2D eigenvalue weighted by Gasteiger charge is 2.37. The number of amides is 2. The Bertz CT molecular complexity index is 402. The Hall–Kier alpha value is -1.36. The van der Waals surface area contributed by atoms with Gasteiger partial charge in [0.2, 0.25) is 11.8 Å². The quantitative estimate of drug-likeness (QED) is 0.846. The van der Waals surface area contributed by atoms with E-state index in [1.165, 1.54) is 11.3 Å². The lowest BCUT2D eigenvalue weighted by molar-refractivity contribution is -0.133. The first-order valence-corrected chi connectivity index (χ1v) is 6.25. The van der Waals surface area contributed by atoms with E-state index in [-0.39, 0.29) is 17.9 Å². The zero-order valence-corrected chi connectivity index (χ0v) is 10.1. The molecular formula is C11H14N2O2S. The van der Waals surface area contributed by atoms with Gasteiger partial charge in [0.1, 0.15) is 12.1 Å². The molecule has 2 amide bonds. The number of nitrogens with zero attached hydrogens (tertiary/aromatic N) is 1. The smallest absolute Gasteiger partial charge is 0.250 e. The van der Waals surface area contributed by atoms with Crippen LogP contribution >= 0.6 is 11.3 Å². The van der Waals surface area contributed by atoms with E-state index in [0.717, 1.165) is 5.69 Å². The molecule has 0 saturated carbocycles. The van der Waals surface area contributed by atoms with Crippen LogP contribution in [-0.2, 0) is 9.59 Å². The van der Waals surface area contributed by atoms with Gasteiger partial charge in [-0.3, -0.25) is 14.5 Å². The highest BCUT2D eigenvalue weighted by Crippen LogP contribution is 2.24. The largest absolute Gasteiger partial charge is 0.343 e. The molecule has 2 atom stereocenters. The SMILES string of the molecule is CCC1NC(=O)C(C)N(c2ccsc2)C1=O. The number of piperazine rings is 1. The van der Waals surface area contributed by atoms with E-state index < -0.39 is 6.04 Å². The van der Waals surface area contributed by atoms with Crippen molar-refractivity contribution in [3.8, 4) is 0 Å². The van der Waals surface area contributed by atoms with Gasteiger partial charge in [-0.25, -0.2) is 0 Å². The molecule has 0 spiro atoms. The van der Waals surface area contributed by atoms with Crippen molar-refractivity contribution in [3.05, 3.63) is 16.8 Å². The Labute approximate surface area is 98.3 Å². The summed E-state index contributed by atoms with van der Waals surface area (Å²) in [6, 6.07) is 1.05. The molecule has 0 aromatic carbocycles. The summed E-state index contributed by atoms with van der Waals surface area (Å²) in [5, 5.41) is 6.52. The third-order valence-electron chi connectivity index (χ3n) is 2.81. The second-order valence-electron chi connectivity index (χ2n) is 3.84. The number of carbonyl (C=O) groups excluding carboxylic acids is 2. The summed E-state index contributed by atoms with van der Waals surface area (Å²) in [6.07, 6.45) is 0.623. The third-order valence-corrected chi connectivity index (χ3v) is 3.48. The molecule has 1 aliphatic heterocycles. The summed E-state index contributed by atoms with van der Waals surface area (Å²) in [6.45, 7) is 3.64. The lowest BCUT2D eigenvalue weighted by Gasteiger charge is -2.36. The molecule has 4 nitrogen and oxygen atoms in total. The molecule has 5 heteroatoms. The first kappa shape index (κ1) is 11.1. The molecule has 0 bridgehead atoms. The van der Waals surface area contributed by atoms with Crippen LogP contribution in [-0.4, -0.2) is 23.9 Å². The van der Waals surface area contributed by atoms with Gasteiger partial charge in [0, 0.05) is 5.38 Å². The molecule has 2 heterocycles. The Morgan fingerprint density at radius 1 is 1.50 bits per heavy atom. The number of nitrogens with one attached hydrogen (secondary N) is 1. The van der Waals surface area contributed by atoms with Gasteiger partial charge in [-0.05, 0) is 24.8 Å². The number of anilines is 1. The zero-order chi connectivity index (χ0) is 11.7. The molecule has 1 fully saturated rings. The van der Waals surface area contributed by atoms with Gasteiger partial charge < -0.3 is 5.32 Å². The third kappa shape index (κ3) is 1.71. The molecule has 1 N–H and O–H groups in total. The van der Waals surface area contributed by atoms with Crippen molar-refractivity contribution in [2.45, 2.75) is 32.4 Å². The van der Waals surface area contributed by atoms with E-state index in [9.17, 15) is 9.59 Å². The fourth-order valence-electron chi connectivity index (χ4n) is 1.85. The normalized spacial score (nSPS) is 25.8. The minimum Gasteiger partial charge on any atom is -0.343 e. The van der Waals surface area contributed by atoms with E-state index in [4.69, 9.17) is 0 Å². The zero-order valence-electron chi connectivity index (χ0n) is 9.27. The average Bonchev–Trinajstić information content (AvgIpc) is 2.77. The standard InChI is InChI=1S/C11H14N2O2S/c1-3-9-11(15)13(7(2)10(14)12-9)8-4-5-16-6-8/h4-7,9H,3H2,1-2H3,(H,12,14). The van der Waals surface area contributed by atoms with Crippen LogP contribution in [0.5, 0.6) is 0 Å². The molecule has 2 unspecified atom stereocenters. The summed E-state index contributed by atoms with van der Waals surface area (Å²) in [7, 11) is 0. The molecule has 1 aromatic rings. The number of carbonyl (C=O) groups is 2. The molecular weight excluding hydrogens is 224 g/mol. The Balaban J connectivity index is 2.33. The number of hydrogen-bond donors (Lipinski definition) is 1. The molecule has 0 aliphatic carbocycles. The van der Waals surface area contributed by atoms with Gasteiger partial charge in [0.15, 0.2) is 0 Å². The maximum absolute atomic E-state index is 12.1. The van der Waals surface area contributed by atoms with Gasteiger partial charge in [0.25, 0.3) is 0 Å².